The molecule has 20 heavy (non-hydrogen) atoms. The van der Waals surface area contributed by atoms with Crippen molar-refractivity contribution in [2.24, 2.45) is 0 Å². The highest BCUT2D eigenvalue weighted by Crippen LogP contribution is 2.36. The van der Waals surface area contributed by atoms with Crippen LogP contribution in [0.25, 0.3) is 0 Å². The predicted molar refractivity (Wildman–Crippen MR) is 82.7 cm³/mol. The zero-order valence-corrected chi connectivity index (χ0v) is 13.9. The van der Waals surface area contributed by atoms with Crippen LogP contribution in [0.4, 0.5) is 8.78 Å². The van der Waals surface area contributed by atoms with Crippen molar-refractivity contribution in [3.05, 3.63) is 67.6 Å². The van der Waals surface area contributed by atoms with Crippen LogP contribution in [0.3, 0.4) is 0 Å². The lowest BCUT2D eigenvalue weighted by molar-refractivity contribution is 0.587. The Labute approximate surface area is 134 Å². The van der Waals surface area contributed by atoms with E-state index in [1.54, 1.807) is 0 Å². The third kappa shape index (κ3) is 3.00. The molecule has 2 aromatic carbocycles. The summed E-state index contributed by atoms with van der Waals surface area (Å²) in [5.74, 6) is -1.29. The minimum atomic E-state index is -0.770. The molecule has 106 valence electrons. The van der Waals surface area contributed by atoms with Gasteiger partial charge in [0, 0.05) is 10.0 Å². The van der Waals surface area contributed by atoms with E-state index in [4.69, 9.17) is 23.2 Å². The summed E-state index contributed by atoms with van der Waals surface area (Å²) < 4.78 is 28.4. The Morgan fingerprint density at radius 1 is 0.950 bits per heavy atom. The van der Waals surface area contributed by atoms with Crippen LogP contribution in [0.2, 0.25) is 5.02 Å². The summed E-state index contributed by atoms with van der Waals surface area (Å²) in [6.07, 6.45) is 0. The molecule has 0 amide bonds. The fraction of sp³-hybridized carbons (Fsp3) is 0.200. The van der Waals surface area contributed by atoms with Crippen LogP contribution in [0, 0.1) is 25.5 Å². The Morgan fingerprint density at radius 2 is 1.60 bits per heavy atom. The minimum Gasteiger partial charge on any atom is -0.207 e. The van der Waals surface area contributed by atoms with Gasteiger partial charge in [-0.15, -0.1) is 11.6 Å². The van der Waals surface area contributed by atoms with Gasteiger partial charge >= 0.3 is 0 Å². The second-order valence-corrected chi connectivity index (χ2v) is 6.31. The molecule has 0 radical (unpaired) electrons. The lowest BCUT2D eigenvalue weighted by Crippen LogP contribution is -2.01. The molecule has 0 saturated heterocycles. The lowest BCUT2D eigenvalue weighted by atomic mass is 9.97. The van der Waals surface area contributed by atoms with Crippen LogP contribution in [0.5, 0.6) is 0 Å². The smallest absolute Gasteiger partial charge is 0.142 e. The summed E-state index contributed by atoms with van der Waals surface area (Å²) >= 11 is 15.3. The van der Waals surface area contributed by atoms with Crippen molar-refractivity contribution in [1.29, 1.82) is 0 Å². The first-order valence-electron chi connectivity index (χ1n) is 5.86. The van der Waals surface area contributed by atoms with Crippen molar-refractivity contribution in [3.63, 3.8) is 0 Å². The van der Waals surface area contributed by atoms with Gasteiger partial charge in [-0.1, -0.05) is 33.6 Å². The van der Waals surface area contributed by atoms with Gasteiger partial charge in [-0.3, -0.25) is 0 Å². The van der Waals surface area contributed by atoms with E-state index in [1.807, 2.05) is 26.0 Å². The first-order chi connectivity index (χ1) is 9.31. The zero-order chi connectivity index (χ0) is 15.0. The zero-order valence-electron chi connectivity index (χ0n) is 10.8. The van der Waals surface area contributed by atoms with Crippen LogP contribution >= 0.6 is 39.1 Å². The summed E-state index contributed by atoms with van der Waals surface area (Å²) in [4.78, 5) is 0. The third-order valence-electron chi connectivity index (χ3n) is 3.13. The van der Waals surface area contributed by atoms with E-state index in [-0.39, 0.29) is 10.6 Å². The molecule has 2 rings (SSSR count). The fourth-order valence-electron chi connectivity index (χ4n) is 1.98. The second-order valence-electron chi connectivity index (χ2n) is 4.61. The number of hydrogen-bond donors (Lipinski definition) is 0. The molecule has 1 unspecified atom stereocenters. The Kier molecular flexibility index (Phi) is 4.73. The van der Waals surface area contributed by atoms with E-state index in [0.717, 1.165) is 33.3 Å². The van der Waals surface area contributed by atoms with Crippen LogP contribution in [-0.4, -0.2) is 0 Å². The van der Waals surface area contributed by atoms with Crippen LogP contribution < -0.4 is 0 Å². The molecule has 0 N–H and O–H groups in total. The van der Waals surface area contributed by atoms with E-state index in [1.165, 1.54) is 0 Å². The fourth-order valence-corrected chi connectivity index (χ4v) is 2.99. The van der Waals surface area contributed by atoms with Gasteiger partial charge in [-0.2, -0.15) is 0 Å². The Bertz CT molecular complexity index is 614. The Hall–Kier alpha value is -0.640. The van der Waals surface area contributed by atoms with Gasteiger partial charge in [0.05, 0.1) is 10.4 Å². The number of hydrogen-bond acceptors (Lipinski definition) is 0. The van der Waals surface area contributed by atoms with E-state index in [9.17, 15) is 8.78 Å². The second kappa shape index (κ2) is 6.00. The number of aryl methyl sites for hydroxylation is 2. The van der Waals surface area contributed by atoms with Crippen molar-refractivity contribution < 1.29 is 8.78 Å². The monoisotopic (exact) mass is 378 g/mol. The maximum absolute atomic E-state index is 13.9. The predicted octanol–water partition coefficient (Wildman–Crippen LogP) is 6.33. The minimum absolute atomic E-state index is 0.0818. The van der Waals surface area contributed by atoms with Crippen molar-refractivity contribution >= 4 is 39.1 Å². The number of rotatable bonds is 2. The van der Waals surface area contributed by atoms with E-state index >= 15 is 0 Å². The average Bonchev–Trinajstić information content (AvgIpc) is 2.37. The first kappa shape index (κ1) is 15.7. The molecule has 1 atom stereocenters. The van der Waals surface area contributed by atoms with E-state index < -0.39 is 17.0 Å². The van der Waals surface area contributed by atoms with E-state index in [0.29, 0.717) is 0 Å². The molecule has 0 fully saturated rings. The molecule has 2 aromatic rings. The highest BCUT2D eigenvalue weighted by molar-refractivity contribution is 9.10. The molecule has 0 saturated carbocycles. The molecule has 0 spiro atoms. The van der Waals surface area contributed by atoms with Crippen LogP contribution in [0.1, 0.15) is 27.6 Å². The molecule has 0 aliphatic rings. The lowest BCUT2D eigenvalue weighted by Gasteiger charge is -2.16. The largest absolute Gasteiger partial charge is 0.207 e. The van der Waals surface area contributed by atoms with Gasteiger partial charge in [0.1, 0.15) is 11.6 Å². The van der Waals surface area contributed by atoms with Crippen molar-refractivity contribution in [2.75, 3.05) is 0 Å². The summed E-state index contributed by atoms with van der Waals surface area (Å²) in [5.41, 5.74) is 2.70. The molecule has 0 heterocycles. The van der Waals surface area contributed by atoms with Crippen molar-refractivity contribution in [3.8, 4) is 0 Å². The molecule has 0 nitrogen and oxygen atoms in total. The van der Waals surface area contributed by atoms with Crippen LogP contribution in [-0.2, 0) is 0 Å². The van der Waals surface area contributed by atoms with Gasteiger partial charge in [0.25, 0.3) is 0 Å². The van der Waals surface area contributed by atoms with E-state index in [2.05, 4.69) is 15.9 Å². The standard InChI is InChI=1S/C15H11BrCl2F2/c1-7-4-11(16)8(2)3-9(7)15(18)10-5-14(20)12(17)6-13(10)19/h3-6,15H,1-2H3. The number of halogens is 5. The van der Waals surface area contributed by atoms with Crippen molar-refractivity contribution in [2.45, 2.75) is 19.2 Å². The maximum atomic E-state index is 13.9. The van der Waals surface area contributed by atoms with Gasteiger partial charge in [-0.05, 0) is 48.7 Å². The molecule has 5 heteroatoms. The summed E-state index contributed by atoms with van der Waals surface area (Å²) in [7, 11) is 0. The van der Waals surface area contributed by atoms with Gasteiger partial charge in [-0.25, -0.2) is 8.78 Å². The molecular weight excluding hydrogens is 369 g/mol. The highest BCUT2D eigenvalue weighted by atomic mass is 79.9. The number of benzene rings is 2. The average molecular weight is 380 g/mol. The highest BCUT2D eigenvalue weighted by Gasteiger charge is 2.20. The Morgan fingerprint density at radius 3 is 2.25 bits per heavy atom. The summed E-state index contributed by atoms with van der Waals surface area (Å²) in [5, 5.41) is -1.02. The third-order valence-corrected chi connectivity index (χ3v) is 4.75. The van der Waals surface area contributed by atoms with Crippen LogP contribution in [0.15, 0.2) is 28.7 Å². The topological polar surface area (TPSA) is 0 Å². The molecule has 0 aliphatic heterocycles. The molecule has 0 bridgehead atoms. The molecular formula is C15H11BrCl2F2. The van der Waals surface area contributed by atoms with Crippen molar-refractivity contribution in [1.82, 2.24) is 0 Å². The quantitative estimate of drug-likeness (QED) is 0.422. The normalized spacial score (nSPS) is 12.6. The first-order valence-corrected chi connectivity index (χ1v) is 7.47. The Balaban J connectivity index is 2.54. The van der Waals surface area contributed by atoms with Gasteiger partial charge < -0.3 is 0 Å². The van der Waals surface area contributed by atoms with Gasteiger partial charge in [0.2, 0.25) is 0 Å². The summed E-state index contributed by atoms with van der Waals surface area (Å²) in [6.45, 7) is 3.79. The number of alkyl halides is 1. The van der Waals surface area contributed by atoms with Gasteiger partial charge in [0.15, 0.2) is 0 Å². The molecule has 0 aliphatic carbocycles. The SMILES string of the molecule is Cc1cc(C(Cl)c2cc(F)c(Cl)cc2F)c(C)cc1Br. The molecule has 0 aromatic heterocycles. The summed E-state index contributed by atoms with van der Waals surface area (Å²) in [6, 6.07) is 5.77. The maximum Gasteiger partial charge on any atom is 0.142 e.